The second kappa shape index (κ2) is 3.82. The van der Waals surface area contributed by atoms with E-state index in [1.807, 2.05) is 0 Å². The predicted octanol–water partition coefficient (Wildman–Crippen LogP) is 3.33. The number of hydrogen-bond donors (Lipinski definition) is 0. The lowest BCUT2D eigenvalue weighted by Crippen LogP contribution is -2.19. The molecule has 0 unspecified atom stereocenters. The standard InChI is InChI=1S/C12H16ClN/c1-9-7-12(4-3-10(9)8-13)14(2)11-5-6-11/h3-4,7,11H,5-6,8H2,1-2H3. The summed E-state index contributed by atoms with van der Waals surface area (Å²) in [4.78, 5) is 2.37. The van der Waals surface area contributed by atoms with Crippen LogP contribution in [-0.2, 0) is 5.88 Å². The highest BCUT2D eigenvalue weighted by molar-refractivity contribution is 6.17. The second-order valence-corrected chi connectivity index (χ2v) is 4.35. The summed E-state index contributed by atoms with van der Waals surface area (Å²) in [6, 6.07) is 7.31. The van der Waals surface area contributed by atoms with E-state index in [1.165, 1.54) is 29.7 Å². The summed E-state index contributed by atoms with van der Waals surface area (Å²) in [5, 5.41) is 0. The minimum Gasteiger partial charge on any atom is -0.372 e. The number of anilines is 1. The van der Waals surface area contributed by atoms with Crippen LogP contribution in [0.25, 0.3) is 0 Å². The van der Waals surface area contributed by atoms with Gasteiger partial charge in [0.25, 0.3) is 0 Å². The van der Waals surface area contributed by atoms with E-state index in [0.29, 0.717) is 5.88 Å². The molecule has 1 aromatic carbocycles. The number of halogens is 1. The Hall–Kier alpha value is -0.690. The normalized spacial score (nSPS) is 15.6. The van der Waals surface area contributed by atoms with Crippen molar-refractivity contribution in [3.05, 3.63) is 29.3 Å². The maximum atomic E-state index is 5.83. The van der Waals surface area contributed by atoms with Gasteiger partial charge in [-0.1, -0.05) is 6.07 Å². The molecule has 0 spiro atoms. The first-order valence-corrected chi connectivity index (χ1v) is 5.64. The molecule has 14 heavy (non-hydrogen) atoms. The SMILES string of the molecule is Cc1cc(N(C)C2CC2)ccc1CCl. The van der Waals surface area contributed by atoms with Gasteiger partial charge in [0.2, 0.25) is 0 Å². The minimum atomic E-state index is 0.610. The van der Waals surface area contributed by atoms with Crippen LogP contribution in [0.4, 0.5) is 5.69 Å². The van der Waals surface area contributed by atoms with E-state index in [-0.39, 0.29) is 0 Å². The lowest BCUT2D eigenvalue weighted by Gasteiger charge is -2.19. The summed E-state index contributed by atoms with van der Waals surface area (Å²) in [6.07, 6.45) is 2.68. The van der Waals surface area contributed by atoms with E-state index in [4.69, 9.17) is 11.6 Å². The molecule has 1 nitrogen and oxygen atoms in total. The lowest BCUT2D eigenvalue weighted by molar-refractivity contribution is 0.915. The molecule has 0 heterocycles. The van der Waals surface area contributed by atoms with Gasteiger partial charge < -0.3 is 4.90 Å². The third kappa shape index (κ3) is 1.88. The van der Waals surface area contributed by atoms with Gasteiger partial charge in [-0.2, -0.15) is 0 Å². The van der Waals surface area contributed by atoms with Gasteiger partial charge in [0.15, 0.2) is 0 Å². The number of rotatable bonds is 3. The maximum Gasteiger partial charge on any atom is 0.0476 e. The van der Waals surface area contributed by atoms with Crippen LogP contribution in [0.5, 0.6) is 0 Å². The van der Waals surface area contributed by atoms with E-state index in [9.17, 15) is 0 Å². The van der Waals surface area contributed by atoms with Crippen molar-refractivity contribution in [1.82, 2.24) is 0 Å². The fourth-order valence-corrected chi connectivity index (χ4v) is 2.02. The van der Waals surface area contributed by atoms with Crippen LogP contribution < -0.4 is 4.90 Å². The Kier molecular flexibility index (Phi) is 2.69. The van der Waals surface area contributed by atoms with Crippen molar-refractivity contribution in [1.29, 1.82) is 0 Å². The molecule has 0 saturated heterocycles. The van der Waals surface area contributed by atoms with E-state index < -0.39 is 0 Å². The fourth-order valence-electron chi connectivity index (χ4n) is 1.72. The molecule has 76 valence electrons. The van der Waals surface area contributed by atoms with E-state index in [1.54, 1.807) is 0 Å². The van der Waals surface area contributed by atoms with Gasteiger partial charge >= 0.3 is 0 Å². The van der Waals surface area contributed by atoms with Gasteiger partial charge in [-0.05, 0) is 43.0 Å². The molecule has 1 saturated carbocycles. The van der Waals surface area contributed by atoms with Crippen LogP contribution >= 0.6 is 11.6 Å². The Balaban J connectivity index is 2.22. The minimum absolute atomic E-state index is 0.610. The van der Waals surface area contributed by atoms with Gasteiger partial charge in [-0.15, -0.1) is 11.6 Å². The Morgan fingerprint density at radius 3 is 2.64 bits per heavy atom. The van der Waals surface area contributed by atoms with E-state index in [0.717, 1.165) is 6.04 Å². The molecular formula is C12H16ClN. The summed E-state index contributed by atoms with van der Waals surface area (Å²) >= 11 is 5.83. The molecule has 0 aliphatic heterocycles. The van der Waals surface area contributed by atoms with E-state index in [2.05, 4.69) is 37.1 Å². The Labute approximate surface area is 90.7 Å². The highest BCUT2D eigenvalue weighted by Gasteiger charge is 2.26. The maximum absolute atomic E-state index is 5.83. The number of alkyl halides is 1. The molecule has 0 radical (unpaired) electrons. The first-order chi connectivity index (χ1) is 6.72. The van der Waals surface area contributed by atoms with Gasteiger partial charge in [0, 0.05) is 24.7 Å². The predicted molar refractivity (Wildman–Crippen MR) is 62.2 cm³/mol. The fraction of sp³-hybridized carbons (Fsp3) is 0.500. The Morgan fingerprint density at radius 2 is 2.14 bits per heavy atom. The molecule has 2 heteroatoms. The van der Waals surface area contributed by atoms with Crippen molar-refractivity contribution in [3.8, 4) is 0 Å². The van der Waals surface area contributed by atoms with Crippen molar-refractivity contribution in [2.75, 3.05) is 11.9 Å². The van der Waals surface area contributed by atoms with Gasteiger partial charge in [-0.3, -0.25) is 0 Å². The zero-order valence-electron chi connectivity index (χ0n) is 8.76. The van der Waals surface area contributed by atoms with Gasteiger partial charge in [-0.25, -0.2) is 0 Å². The zero-order chi connectivity index (χ0) is 10.1. The Morgan fingerprint density at radius 1 is 1.43 bits per heavy atom. The summed E-state index contributed by atoms with van der Waals surface area (Å²) < 4.78 is 0. The van der Waals surface area contributed by atoms with Crippen molar-refractivity contribution < 1.29 is 0 Å². The molecule has 0 aromatic heterocycles. The molecular weight excluding hydrogens is 194 g/mol. The molecule has 1 aromatic rings. The van der Waals surface area contributed by atoms with Crippen LogP contribution in [-0.4, -0.2) is 13.1 Å². The lowest BCUT2D eigenvalue weighted by atomic mass is 10.1. The average Bonchev–Trinajstić information content (AvgIpc) is 3.00. The number of benzene rings is 1. The Bertz CT molecular complexity index is 331. The van der Waals surface area contributed by atoms with Crippen LogP contribution in [0.1, 0.15) is 24.0 Å². The second-order valence-electron chi connectivity index (χ2n) is 4.09. The van der Waals surface area contributed by atoms with Crippen molar-refractivity contribution in [3.63, 3.8) is 0 Å². The smallest absolute Gasteiger partial charge is 0.0476 e. The van der Waals surface area contributed by atoms with Crippen molar-refractivity contribution >= 4 is 17.3 Å². The van der Waals surface area contributed by atoms with Gasteiger partial charge in [0.1, 0.15) is 0 Å². The summed E-state index contributed by atoms with van der Waals surface area (Å²) in [6.45, 7) is 2.13. The third-order valence-corrected chi connectivity index (χ3v) is 3.26. The van der Waals surface area contributed by atoms with Crippen molar-refractivity contribution in [2.24, 2.45) is 0 Å². The molecule has 2 rings (SSSR count). The quantitative estimate of drug-likeness (QED) is 0.691. The summed E-state index contributed by atoms with van der Waals surface area (Å²) in [7, 11) is 2.17. The molecule has 0 bridgehead atoms. The van der Waals surface area contributed by atoms with E-state index >= 15 is 0 Å². The van der Waals surface area contributed by atoms with Crippen molar-refractivity contribution in [2.45, 2.75) is 31.7 Å². The number of hydrogen-bond acceptors (Lipinski definition) is 1. The van der Waals surface area contributed by atoms with Gasteiger partial charge in [0.05, 0.1) is 0 Å². The molecule has 1 aliphatic carbocycles. The largest absolute Gasteiger partial charge is 0.372 e. The number of nitrogens with zero attached hydrogens (tertiary/aromatic N) is 1. The van der Waals surface area contributed by atoms with Crippen LogP contribution in [0.3, 0.4) is 0 Å². The summed E-state index contributed by atoms with van der Waals surface area (Å²) in [5.41, 5.74) is 3.85. The molecule has 0 N–H and O–H groups in total. The van der Waals surface area contributed by atoms with Crippen LogP contribution in [0.15, 0.2) is 18.2 Å². The highest BCUT2D eigenvalue weighted by atomic mass is 35.5. The van der Waals surface area contributed by atoms with Crippen LogP contribution in [0, 0.1) is 6.92 Å². The highest BCUT2D eigenvalue weighted by Crippen LogP contribution is 2.31. The molecule has 1 fully saturated rings. The summed E-state index contributed by atoms with van der Waals surface area (Å²) in [5.74, 6) is 0.610. The topological polar surface area (TPSA) is 3.24 Å². The monoisotopic (exact) mass is 209 g/mol. The first kappa shape index (κ1) is 9.85. The first-order valence-electron chi connectivity index (χ1n) is 5.10. The average molecular weight is 210 g/mol. The molecule has 1 aliphatic rings. The third-order valence-electron chi connectivity index (χ3n) is 2.97. The molecule has 0 amide bonds. The van der Waals surface area contributed by atoms with Crippen LogP contribution in [0.2, 0.25) is 0 Å². The molecule has 0 atom stereocenters. The number of aryl methyl sites for hydroxylation is 1. The zero-order valence-corrected chi connectivity index (χ0v) is 9.51.